The number of para-hydroxylation sites is 2. The van der Waals surface area contributed by atoms with Gasteiger partial charge in [-0.15, -0.1) is 0 Å². The Kier molecular flexibility index (Phi) is 7.11. The van der Waals surface area contributed by atoms with Crippen molar-refractivity contribution in [2.75, 3.05) is 13.2 Å². The zero-order chi connectivity index (χ0) is 19.6. The van der Waals surface area contributed by atoms with Crippen LogP contribution in [0.15, 0.2) is 83.3 Å². The summed E-state index contributed by atoms with van der Waals surface area (Å²) in [6, 6.07) is 24.0. The van der Waals surface area contributed by atoms with Gasteiger partial charge in [0.1, 0.15) is 23.9 Å². The summed E-state index contributed by atoms with van der Waals surface area (Å²) in [7, 11) is 0. The second-order valence-corrected chi connectivity index (χ2v) is 6.61. The van der Waals surface area contributed by atoms with Crippen LogP contribution in [0, 0.1) is 11.8 Å². The summed E-state index contributed by atoms with van der Waals surface area (Å²) in [5.74, 6) is 7.43. The number of nitrogens with one attached hydrogen (secondary N) is 1. The molecule has 0 saturated heterocycles. The smallest absolute Gasteiger partial charge is 0.255 e. The number of benzene rings is 3. The molecule has 0 fully saturated rings. The van der Waals surface area contributed by atoms with Crippen molar-refractivity contribution in [1.29, 1.82) is 0 Å². The zero-order valence-corrected chi connectivity index (χ0v) is 16.6. The number of hydrogen-bond acceptors (Lipinski definition) is 3. The number of carbonyl (C=O) groups is 1. The first-order valence-electron chi connectivity index (χ1n) is 8.66. The molecule has 3 rings (SSSR count). The molecule has 5 heteroatoms. The molecule has 3 aromatic rings. The van der Waals surface area contributed by atoms with Crippen molar-refractivity contribution in [1.82, 2.24) is 5.32 Å². The van der Waals surface area contributed by atoms with E-state index in [2.05, 4.69) is 33.1 Å². The number of hydrogen-bond donors (Lipinski definition) is 1. The van der Waals surface area contributed by atoms with Crippen molar-refractivity contribution < 1.29 is 14.3 Å². The molecule has 0 spiro atoms. The maximum atomic E-state index is 12.5. The van der Waals surface area contributed by atoms with Crippen LogP contribution < -0.4 is 14.8 Å². The second-order valence-electron chi connectivity index (χ2n) is 5.69. The van der Waals surface area contributed by atoms with Gasteiger partial charge in [0.15, 0.2) is 0 Å². The summed E-state index contributed by atoms with van der Waals surface area (Å²) in [4.78, 5) is 12.5. The summed E-state index contributed by atoms with van der Waals surface area (Å²) in [5, 5.41) is 2.78. The summed E-state index contributed by atoms with van der Waals surface area (Å²) >= 11 is 3.39. The van der Waals surface area contributed by atoms with E-state index in [0.717, 1.165) is 10.2 Å². The third-order valence-corrected chi connectivity index (χ3v) is 4.17. The Morgan fingerprint density at radius 2 is 1.64 bits per heavy atom. The van der Waals surface area contributed by atoms with Gasteiger partial charge in [0.05, 0.1) is 12.1 Å². The van der Waals surface area contributed by atoms with Crippen molar-refractivity contribution in [2.45, 2.75) is 0 Å². The first-order valence-corrected chi connectivity index (χ1v) is 9.46. The highest BCUT2D eigenvalue weighted by atomic mass is 79.9. The lowest BCUT2D eigenvalue weighted by Crippen LogP contribution is -2.24. The minimum atomic E-state index is -0.242. The van der Waals surface area contributed by atoms with E-state index in [1.807, 2.05) is 60.7 Å². The standard InChI is InChI=1S/C23H18BrNO3/c24-18-9-8-12-20(17-18)27-16-7-6-15-25-23(26)21-13-4-5-14-22(21)28-19-10-2-1-3-11-19/h1-5,8-14,17H,15-16H2,(H,25,26). The third kappa shape index (κ3) is 5.90. The summed E-state index contributed by atoms with van der Waals surface area (Å²) in [6.07, 6.45) is 0. The highest BCUT2D eigenvalue weighted by Crippen LogP contribution is 2.24. The number of halogens is 1. The van der Waals surface area contributed by atoms with Crippen molar-refractivity contribution in [3.63, 3.8) is 0 Å². The van der Waals surface area contributed by atoms with Crippen molar-refractivity contribution >= 4 is 21.8 Å². The Labute approximate surface area is 172 Å². The van der Waals surface area contributed by atoms with Gasteiger partial charge in [-0.25, -0.2) is 0 Å². The molecule has 0 aromatic heterocycles. The lowest BCUT2D eigenvalue weighted by atomic mass is 10.2. The molecule has 0 unspecified atom stereocenters. The SMILES string of the molecule is O=C(NCC#CCOc1cccc(Br)c1)c1ccccc1Oc1ccccc1. The van der Waals surface area contributed by atoms with Gasteiger partial charge < -0.3 is 14.8 Å². The number of rotatable bonds is 6. The average molecular weight is 436 g/mol. The van der Waals surface area contributed by atoms with Crippen LogP contribution in [0.3, 0.4) is 0 Å². The minimum Gasteiger partial charge on any atom is -0.481 e. The third-order valence-electron chi connectivity index (χ3n) is 3.67. The molecule has 140 valence electrons. The van der Waals surface area contributed by atoms with Crippen LogP contribution in [0.2, 0.25) is 0 Å². The van der Waals surface area contributed by atoms with Gasteiger partial charge in [0, 0.05) is 4.47 Å². The largest absolute Gasteiger partial charge is 0.481 e. The van der Waals surface area contributed by atoms with Crippen LogP contribution in [0.1, 0.15) is 10.4 Å². The minimum absolute atomic E-state index is 0.223. The molecular weight excluding hydrogens is 418 g/mol. The first-order chi connectivity index (χ1) is 13.7. The van der Waals surface area contributed by atoms with E-state index >= 15 is 0 Å². The van der Waals surface area contributed by atoms with Crippen LogP contribution in [0.25, 0.3) is 0 Å². The monoisotopic (exact) mass is 435 g/mol. The van der Waals surface area contributed by atoms with E-state index in [1.165, 1.54) is 0 Å². The van der Waals surface area contributed by atoms with E-state index in [4.69, 9.17) is 9.47 Å². The highest BCUT2D eigenvalue weighted by molar-refractivity contribution is 9.10. The summed E-state index contributed by atoms with van der Waals surface area (Å²) in [6.45, 7) is 0.473. The number of ether oxygens (including phenoxy) is 2. The number of carbonyl (C=O) groups excluding carboxylic acids is 1. The normalized spacial score (nSPS) is 9.75. The van der Waals surface area contributed by atoms with E-state index in [1.54, 1.807) is 18.2 Å². The second kappa shape index (κ2) is 10.2. The van der Waals surface area contributed by atoms with E-state index in [-0.39, 0.29) is 19.1 Å². The van der Waals surface area contributed by atoms with E-state index in [0.29, 0.717) is 17.1 Å². The molecule has 1 N–H and O–H groups in total. The fraction of sp³-hybridized carbons (Fsp3) is 0.0870. The van der Waals surface area contributed by atoms with Crippen LogP contribution in [-0.2, 0) is 0 Å². The summed E-state index contributed by atoms with van der Waals surface area (Å²) < 4.78 is 12.3. The maximum absolute atomic E-state index is 12.5. The maximum Gasteiger partial charge on any atom is 0.255 e. The molecule has 28 heavy (non-hydrogen) atoms. The van der Waals surface area contributed by atoms with Gasteiger partial charge >= 0.3 is 0 Å². The molecule has 0 heterocycles. The Hall–Kier alpha value is -3.23. The molecular formula is C23H18BrNO3. The van der Waals surface area contributed by atoms with Gasteiger partial charge in [0.2, 0.25) is 0 Å². The van der Waals surface area contributed by atoms with Crippen LogP contribution in [0.5, 0.6) is 17.2 Å². The number of amides is 1. The van der Waals surface area contributed by atoms with Gasteiger partial charge in [0.25, 0.3) is 5.91 Å². The van der Waals surface area contributed by atoms with Gasteiger partial charge in [-0.05, 0) is 42.5 Å². The quantitative estimate of drug-likeness (QED) is 0.550. The lowest BCUT2D eigenvalue weighted by Gasteiger charge is -2.10. The first kappa shape index (κ1) is 19.5. The topological polar surface area (TPSA) is 47.6 Å². The molecule has 0 aliphatic heterocycles. The highest BCUT2D eigenvalue weighted by Gasteiger charge is 2.11. The molecule has 3 aromatic carbocycles. The van der Waals surface area contributed by atoms with Crippen LogP contribution >= 0.6 is 15.9 Å². The van der Waals surface area contributed by atoms with Crippen molar-refractivity contribution in [2.24, 2.45) is 0 Å². The molecule has 0 bridgehead atoms. The predicted octanol–water partition coefficient (Wildman–Crippen LogP) is 5.05. The van der Waals surface area contributed by atoms with Crippen molar-refractivity contribution in [3.8, 4) is 29.1 Å². The van der Waals surface area contributed by atoms with Gasteiger partial charge in [-0.2, -0.15) is 0 Å². The fourth-order valence-corrected chi connectivity index (χ4v) is 2.75. The van der Waals surface area contributed by atoms with E-state index < -0.39 is 0 Å². The van der Waals surface area contributed by atoms with Crippen LogP contribution in [-0.4, -0.2) is 19.1 Å². The molecule has 1 amide bonds. The lowest BCUT2D eigenvalue weighted by molar-refractivity contribution is 0.0956. The van der Waals surface area contributed by atoms with Crippen molar-refractivity contribution in [3.05, 3.63) is 88.9 Å². The Balaban J connectivity index is 1.52. The Bertz CT molecular complexity index is 993. The Morgan fingerprint density at radius 1 is 0.893 bits per heavy atom. The molecule has 0 atom stereocenters. The zero-order valence-electron chi connectivity index (χ0n) is 15.0. The van der Waals surface area contributed by atoms with Gasteiger partial charge in [-0.3, -0.25) is 4.79 Å². The predicted molar refractivity (Wildman–Crippen MR) is 113 cm³/mol. The molecule has 0 aliphatic rings. The molecule has 0 saturated carbocycles. The molecule has 0 aliphatic carbocycles. The molecule has 4 nitrogen and oxygen atoms in total. The van der Waals surface area contributed by atoms with E-state index in [9.17, 15) is 4.79 Å². The Morgan fingerprint density at radius 3 is 2.46 bits per heavy atom. The fourth-order valence-electron chi connectivity index (χ4n) is 2.37. The molecule has 0 radical (unpaired) electrons. The average Bonchev–Trinajstić information content (AvgIpc) is 2.72. The van der Waals surface area contributed by atoms with Crippen LogP contribution in [0.4, 0.5) is 0 Å². The summed E-state index contributed by atoms with van der Waals surface area (Å²) in [5.41, 5.74) is 0.457. The van der Waals surface area contributed by atoms with Gasteiger partial charge in [-0.1, -0.05) is 64.2 Å².